The first kappa shape index (κ1) is 11.2. The van der Waals surface area contributed by atoms with E-state index in [2.05, 4.69) is 24.5 Å². The second-order valence-electron chi connectivity index (χ2n) is 5.52. The van der Waals surface area contributed by atoms with E-state index in [0.29, 0.717) is 0 Å². The Bertz CT molecular complexity index is 323. The summed E-state index contributed by atoms with van der Waals surface area (Å²) in [6.07, 6.45) is 2.75. The van der Waals surface area contributed by atoms with Crippen LogP contribution in [0, 0.1) is 11.3 Å². The van der Waals surface area contributed by atoms with E-state index in [9.17, 15) is 9.59 Å². The van der Waals surface area contributed by atoms with Crippen molar-refractivity contribution in [3.63, 3.8) is 0 Å². The second kappa shape index (κ2) is 3.64. The van der Waals surface area contributed by atoms with Gasteiger partial charge >= 0.3 is 12.0 Å². The Morgan fingerprint density at radius 3 is 2.31 bits per heavy atom. The van der Waals surface area contributed by atoms with Crippen LogP contribution in [0.15, 0.2) is 0 Å². The SMILES string of the molecule is CC1(C)CC1NC(=O)NC(C(=O)O)C1CC1. The zero-order valence-electron chi connectivity index (χ0n) is 9.62. The van der Waals surface area contributed by atoms with Gasteiger partial charge in [0.05, 0.1) is 0 Å². The van der Waals surface area contributed by atoms with E-state index < -0.39 is 12.0 Å². The highest BCUT2D eigenvalue weighted by Gasteiger charge is 2.47. The molecule has 0 aliphatic heterocycles. The number of urea groups is 1. The van der Waals surface area contributed by atoms with Gasteiger partial charge in [-0.1, -0.05) is 13.8 Å². The zero-order valence-corrected chi connectivity index (χ0v) is 9.62. The molecule has 16 heavy (non-hydrogen) atoms. The number of carboxylic acid groups (broad SMARTS) is 1. The maximum Gasteiger partial charge on any atom is 0.326 e. The summed E-state index contributed by atoms with van der Waals surface area (Å²) < 4.78 is 0. The molecule has 3 N–H and O–H groups in total. The molecule has 2 amide bonds. The minimum Gasteiger partial charge on any atom is -0.480 e. The molecule has 2 aliphatic rings. The number of amides is 2. The van der Waals surface area contributed by atoms with Gasteiger partial charge in [0.15, 0.2) is 0 Å². The zero-order chi connectivity index (χ0) is 11.9. The molecule has 0 heterocycles. The molecule has 90 valence electrons. The van der Waals surface area contributed by atoms with Crippen molar-refractivity contribution in [2.45, 2.75) is 45.2 Å². The van der Waals surface area contributed by atoms with E-state index in [-0.39, 0.29) is 23.4 Å². The van der Waals surface area contributed by atoms with Crippen LogP contribution in [0.5, 0.6) is 0 Å². The van der Waals surface area contributed by atoms with Crippen LogP contribution in [0.3, 0.4) is 0 Å². The van der Waals surface area contributed by atoms with E-state index in [1.807, 2.05) is 0 Å². The molecule has 0 spiro atoms. The number of carbonyl (C=O) groups is 2. The quantitative estimate of drug-likeness (QED) is 0.667. The van der Waals surface area contributed by atoms with Gasteiger partial charge in [0.25, 0.3) is 0 Å². The fraction of sp³-hybridized carbons (Fsp3) is 0.818. The summed E-state index contributed by atoms with van der Waals surface area (Å²) in [6.45, 7) is 4.15. The fourth-order valence-corrected chi connectivity index (χ4v) is 1.87. The molecule has 2 unspecified atom stereocenters. The van der Waals surface area contributed by atoms with Gasteiger partial charge in [-0.05, 0) is 30.6 Å². The Kier molecular flexibility index (Phi) is 2.56. The molecule has 2 fully saturated rings. The van der Waals surface area contributed by atoms with Crippen LogP contribution in [0.25, 0.3) is 0 Å². The van der Waals surface area contributed by atoms with E-state index >= 15 is 0 Å². The van der Waals surface area contributed by atoms with E-state index in [4.69, 9.17) is 5.11 Å². The Labute approximate surface area is 94.6 Å². The first-order valence-electron chi connectivity index (χ1n) is 5.70. The summed E-state index contributed by atoms with van der Waals surface area (Å²) >= 11 is 0. The van der Waals surface area contributed by atoms with E-state index in [0.717, 1.165) is 19.3 Å². The summed E-state index contributed by atoms with van der Waals surface area (Å²) in [5, 5.41) is 14.3. The lowest BCUT2D eigenvalue weighted by Crippen LogP contribution is -2.48. The van der Waals surface area contributed by atoms with Gasteiger partial charge in [0, 0.05) is 6.04 Å². The predicted octanol–water partition coefficient (Wildman–Crippen LogP) is 0.947. The third-order valence-electron chi connectivity index (χ3n) is 3.46. The fourth-order valence-electron chi connectivity index (χ4n) is 1.87. The number of hydrogen-bond acceptors (Lipinski definition) is 2. The Hall–Kier alpha value is -1.26. The molecule has 0 aromatic carbocycles. The maximum atomic E-state index is 11.5. The van der Waals surface area contributed by atoms with Crippen molar-refractivity contribution in [3.05, 3.63) is 0 Å². The number of aliphatic carboxylic acids is 1. The summed E-state index contributed by atoms with van der Waals surface area (Å²) in [4.78, 5) is 22.4. The number of nitrogens with one attached hydrogen (secondary N) is 2. The van der Waals surface area contributed by atoms with Crippen molar-refractivity contribution in [2.75, 3.05) is 0 Å². The van der Waals surface area contributed by atoms with Crippen molar-refractivity contribution in [1.82, 2.24) is 10.6 Å². The highest BCUT2D eigenvalue weighted by atomic mass is 16.4. The molecule has 0 bridgehead atoms. The Balaban J connectivity index is 1.79. The molecule has 0 saturated heterocycles. The first-order valence-corrected chi connectivity index (χ1v) is 5.70. The highest BCUT2D eigenvalue weighted by molar-refractivity contribution is 5.83. The van der Waals surface area contributed by atoms with Gasteiger partial charge in [-0.2, -0.15) is 0 Å². The first-order chi connectivity index (χ1) is 7.40. The topological polar surface area (TPSA) is 78.4 Å². The van der Waals surface area contributed by atoms with Crippen molar-refractivity contribution in [2.24, 2.45) is 11.3 Å². The molecule has 2 rings (SSSR count). The molecule has 0 radical (unpaired) electrons. The summed E-state index contributed by atoms with van der Waals surface area (Å²) in [5.74, 6) is -0.817. The largest absolute Gasteiger partial charge is 0.480 e. The molecule has 5 nitrogen and oxygen atoms in total. The smallest absolute Gasteiger partial charge is 0.326 e. The normalized spacial score (nSPS) is 28.0. The molecule has 2 saturated carbocycles. The maximum absolute atomic E-state index is 11.5. The number of hydrogen-bond donors (Lipinski definition) is 3. The van der Waals surface area contributed by atoms with Crippen LogP contribution in [-0.2, 0) is 4.79 Å². The van der Waals surface area contributed by atoms with Crippen LogP contribution in [0.1, 0.15) is 33.1 Å². The van der Waals surface area contributed by atoms with Gasteiger partial charge in [0.2, 0.25) is 0 Å². The lowest BCUT2D eigenvalue weighted by molar-refractivity contribution is -0.139. The number of carbonyl (C=O) groups excluding carboxylic acids is 1. The van der Waals surface area contributed by atoms with Crippen LogP contribution < -0.4 is 10.6 Å². The van der Waals surface area contributed by atoms with Gasteiger partial charge in [-0.3, -0.25) is 0 Å². The van der Waals surface area contributed by atoms with Crippen LogP contribution in [0.4, 0.5) is 4.79 Å². The minimum absolute atomic E-state index is 0.121. The predicted molar refractivity (Wildman–Crippen MR) is 58.0 cm³/mol. The highest BCUT2D eigenvalue weighted by Crippen LogP contribution is 2.44. The Morgan fingerprint density at radius 2 is 1.94 bits per heavy atom. The lowest BCUT2D eigenvalue weighted by atomic mass is 10.2. The third-order valence-corrected chi connectivity index (χ3v) is 3.46. The third kappa shape index (κ3) is 2.46. The lowest BCUT2D eigenvalue weighted by Gasteiger charge is -2.14. The summed E-state index contributed by atoms with van der Waals surface area (Å²) in [5.41, 5.74) is 0.162. The molecule has 2 aliphatic carbocycles. The van der Waals surface area contributed by atoms with Gasteiger partial charge in [-0.25, -0.2) is 9.59 Å². The van der Waals surface area contributed by atoms with E-state index in [1.54, 1.807) is 0 Å². The number of rotatable bonds is 4. The van der Waals surface area contributed by atoms with Gasteiger partial charge in [0.1, 0.15) is 6.04 Å². The molecule has 0 aromatic heterocycles. The standard InChI is InChI=1S/C11H18N2O3/c1-11(2)5-7(11)12-10(16)13-8(9(14)15)6-3-4-6/h6-8H,3-5H2,1-2H3,(H,14,15)(H2,12,13,16). The van der Waals surface area contributed by atoms with Crippen molar-refractivity contribution in [3.8, 4) is 0 Å². The van der Waals surface area contributed by atoms with Gasteiger partial charge in [-0.15, -0.1) is 0 Å². The summed E-state index contributed by atoms with van der Waals surface area (Å²) in [7, 11) is 0. The van der Waals surface area contributed by atoms with Crippen LogP contribution in [0.2, 0.25) is 0 Å². The molecular formula is C11H18N2O3. The van der Waals surface area contributed by atoms with Crippen molar-refractivity contribution in [1.29, 1.82) is 0 Å². The van der Waals surface area contributed by atoms with Gasteiger partial charge < -0.3 is 15.7 Å². The van der Waals surface area contributed by atoms with Crippen molar-refractivity contribution >= 4 is 12.0 Å². The Morgan fingerprint density at radius 1 is 1.38 bits per heavy atom. The van der Waals surface area contributed by atoms with Crippen LogP contribution in [-0.4, -0.2) is 29.2 Å². The average molecular weight is 226 g/mol. The van der Waals surface area contributed by atoms with Crippen molar-refractivity contribution < 1.29 is 14.7 Å². The molecule has 2 atom stereocenters. The number of carboxylic acids is 1. The molecule has 0 aromatic rings. The van der Waals surface area contributed by atoms with E-state index in [1.165, 1.54) is 0 Å². The second-order valence-corrected chi connectivity index (χ2v) is 5.52. The molecule has 5 heteroatoms. The monoisotopic (exact) mass is 226 g/mol. The average Bonchev–Trinajstić information content (AvgIpc) is 3.01. The van der Waals surface area contributed by atoms with Crippen LogP contribution >= 0.6 is 0 Å². The summed E-state index contributed by atoms with van der Waals surface area (Å²) in [6, 6.07) is -0.891. The minimum atomic E-state index is -0.937. The molecular weight excluding hydrogens is 208 g/mol.